The second-order valence-electron chi connectivity index (χ2n) is 7.02. The van der Waals surface area contributed by atoms with E-state index in [4.69, 9.17) is 5.10 Å². The first-order valence-electron chi connectivity index (χ1n) is 9.63. The standard InChI is InChI=1S/C25H19N3O2S/c1-19-12-14-20(15-13-19)25-21(18-28(27-25)22-8-4-2-5-9-22)16-24(17-26)31(29,30)23-10-6-3-7-11-23/h2-16,18H,1H3. The molecule has 0 saturated heterocycles. The minimum atomic E-state index is -3.95. The average Bonchev–Trinajstić information content (AvgIpc) is 3.23. The lowest BCUT2D eigenvalue weighted by Crippen LogP contribution is -2.03. The molecular formula is C25H19N3O2S. The fourth-order valence-corrected chi connectivity index (χ4v) is 4.35. The molecule has 0 aliphatic carbocycles. The summed E-state index contributed by atoms with van der Waals surface area (Å²) < 4.78 is 27.7. The molecule has 0 atom stereocenters. The maximum Gasteiger partial charge on any atom is 0.216 e. The zero-order valence-corrected chi connectivity index (χ0v) is 17.6. The Hall–Kier alpha value is -3.95. The summed E-state index contributed by atoms with van der Waals surface area (Å²) in [5, 5.41) is 14.4. The number of benzene rings is 3. The van der Waals surface area contributed by atoms with Gasteiger partial charge in [-0.3, -0.25) is 0 Å². The normalized spacial score (nSPS) is 11.8. The van der Waals surface area contributed by atoms with E-state index < -0.39 is 9.84 Å². The van der Waals surface area contributed by atoms with E-state index in [0.29, 0.717) is 11.3 Å². The number of nitrogens with zero attached hydrogens (tertiary/aromatic N) is 3. The minimum absolute atomic E-state index is 0.0788. The molecular weight excluding hydrogens is 406 g/mol. The van der Waals surface area contributed by atoms with Gasteiger partial charge in [0.05, 0.1) is 10.6 Å². The van der Waals surface area contributed by atoms with Crippen LogP contribution in [0, 0.1) is 18.3 Å². The number of hydrogen-bond donors (Lipinski definition) is 0. The number of aromatic nitrogens is 2. The fraction of sp³-hybridized carbons (Fsp3) is 0.0400. The van der Waals surface area contributed by atoms with E-state index in [0.717, 1.165) is 16.8 Å². The molecule has 4 rings (SSSR count). The Bertz CT molecular complexity index is 1380. The third kappa shape index (κ3) is 4.18. The Labute approximate surface area is 181 Å². The zero-order chi connectivity index (χ0) is 21.8. The van der Waals surface area contributed by atoms with Gasteiger partial charge in [-0.2, -0.15) is 10.4 Å². The number of aryl methyl sites for hydroxylation is 1. The summed E-state index contributed by atoms with van der Waals surface area (Å²) >= 11 is 0. The van der Waals surface area contributed by atoms with Crippen molar-refractivity contribution < 1.29 is 8.42 Å². The van der Waals surface area contributed by atoms with Gasteiger partial charge in [-0.05, 0) is 37.3 Å². The Morgan fingerprint density at radius 3 is 2.16 bits per heavy atom. The quantitative estimate of drug-likeness (QED) is 0.413. The molecule has 5 nitrogen and oxygen atoms in total. The van der Waals surface area contributed by atoms with Crippen molar-refractivity contribution in [3.05, 3.63) is 107 Å². The van der Waals surface area contributed by atoms with Crippen LogP contribution in [0.1, 0.15) is 11.1 Å². The number of allylic oxidation sites excluding steroid dienone is 1. The van der Waals surface area contributed by atoms with Gasteiger partial charge in [0.2, 0.25) is 9.84 Å². The van der Waals surface area contributed by atoms with E-state index in [-0.39, 0.29) is 9.80 Å². The number of rotatable bonds is 5. The second kappa shape index (κ2) is 8.42. The average molecular weight is 426 g/mol. The lowest BCUT2D eigenvalue weighted by Gasteiger charge is -2.03. The van der Waals surface area contributed by atoms with Crippen LogP contribution in [0.3, 0.4) is 0 Å². The number of nitriles is 1. The Morgan fingerprint density at radius 2 is 1.55 bits per heavy atom. The van der Waals surface area contributed by atoms with Crippen molar-refractivity contribution in [1.82, 2.24) is 9.78 Å². The summed E-state index contributed by atoms with van der Waals surface area (Å²) in [4.78, 5) is -0.255. The van der Waals surface area contributed by atoms with Gasteiger partial charge in [-0.25, -0.2) is 13.1 Å². The monoisotopic (exact) mass is 425 g/mol. The molecule has 3 aromatic carbocycles. The van der Waals surface area contributed by atoms with E-state index in [1.807, 2.05) is 67.6 Å². The number of hydrogen-bond acceptors (Lipinski definition) is 4. The molecule has 0 N–H and O–H groups in total. The van der Waals surface area contributed by atoms with Crippen molar-refractivity contribution in [2.75, 3.05) is 0 Å². The fourth-order valence-electron chi connectivity index (χ4n) is 3.18. The van der Waals surface area contributed by atoms with Crippen molar-refractivity contribution in [2.45, 2.75) is 11.8 Å². The Balaban J connectivity index is 1.89. The second-order valence-corrected chi connectivity index (χ2v) is 8.93. The highest BCUT2D eigenvalue weighted by Gasteiger charge is 2.22. The maximum atomic E-state index is 13.0. The third-order valence-electron chi connectivity index (χ3n) is 4.83. The molecule has 0 saturated carbocycles. The summed E-state index contributed by atoms with van der Waals surface area (Å²) in [6, 6.07) is 27.2. The van der Waals surface area contributed by atoms with Crippen molar-refractivity contribution in [3.63, 3.8) is 0 Å². The van der Waals surface area contributed by atoms with Gasteiger partial charge >= 0.3 is 0 Å². The van der Waals surface area contributed by atoms with Gasteiger partial charge in [0.15, 0.2) is 0 Å². The summed E-state index contributed by atoms with van der Waals surface area (Å²) in [5.74, 6) is 0. The highest BCUT2D eigenvalue weighted by atomic mass is 32.2. The molecule has 0 fully saturated rings. The highest BCUT2D eigenvalue weighted by Crippen LogP contribution is 2.28. The van der Waals surface area contributed by atoms with Crippen molar-refractivity contribution in [3.8, 4) is 23.0 Å². The van der Waals surface area contributed by atoms with Crippen LogP contribution in [-0.4, -0.2) is 18.2 Å². The summed E-state index contributed by atoms with van der Waals surface area (Å²) in [6.07, 6.45) is 3.13. The van der Waals surface area contributed by atoms with Crippen molar-refractivity contribution >= 4 is 15.9 Å². The van der Waals surface area contributed by atoms with Crippen molar-refractivity contribution in [1.29, 1.82) is 5.26 Å². The van der Waals surface area contributed by atoms with E-state index in [9.17, 15) is 13.7 Å². The SMILES string of the molecule is Cc1ccc(-c2nn(-c3ccccc3)cc2C=C(C#N)S(=O)(=O)c2ccccc2)cc1. The van der Waals surface area contributed by atoms with Gasteiger partial charge in [0.1, 0.15) is 16.7 Å². The van der Waals surface area contributed by atoms with Crippen LogP contribution in [0.15, 0.2) is 101 Å². The molecule has 0 aliphatic heterocycles. The highest BCUT2D eigenvalue weighted by molar-refractivity contribution is 7.95. The molecule has 1 heterocycles. The zero-order valence-electron chi connectivity index (χ0n) is 16.8. The van der Waals surface area contributed by atoms with E-state index in [2.05, 4.69) is 0 Å². The lowest BCUT2D eigenvalue weighted by atomic mass is 10.1. The molecule has 0 radical (unpaired) electrons. The van der Waals surface area contributed by atoms with Crippen LogP contribution in [0.2, 0.25) is 0 Å². The van der Waals surface area contributed by atoms with Gasteiger partial charge in [-0.1, -0.05) is 66.2 Å². The molecule has 0 amide bonds. The molecule has 4 aromatic rings. The predicted molar refractivity (Wildman–Crippen MR) is 121 cm³/mol. The molecule has 0 aliphatic rings. The molecule has 0 unspecified atom stereocenters. The van der Waals surface area contributed by atoms with Crippen LogP contribution in [0.25, 0.3) is 23.0 Å². The first-order valence-corrected chi connectivity index (χ1v) is 11.1. The molecule has 6 heteroatoms. The van der Waals surface area contributed by atoms with Crippen molar-refractivity contribution in [2.24, 2.45) is 0 Å². The predicted octanol–water partition coefficient (Wildman–Crippen LogP) is 5.19. The topological polar surface area (TPSA) is 75.8 Å². The Kier molecular flexibility index (Phi) is 5.52. The van der Waals surface area contributed by atoms with Gasteiger partial charge in [0, 0.05) is 17.3 Å². The van der Waals surface area contributed by atoms with E-state index in [1.54, 1.807) is 29.1 Å². The summed E-state index contributed by atoms with van der Waals surface area (Å²) in [5.41, 5.74) is 3.91. The molecule has 1 aromatic heterocycles. The van der Waals surface area contributed by atoms with Crippen LogP contribution in [-0.2, 0) is 9.84 Å². The van der Waals surface area contributed by atoms with Crippen LogP contribution in [0.5, 0.6) is 0 Å². The van der Waals surface area contributed by atoms with Gasteiger partial charge < -0.3 is 0 Å². The maximum absolute atomic E-state index is 13.0. The molecule has 152 valence electrons. The van der Waals surface area contributed by atoms with Crippen LogP contribution in [0.4, 0.5) is 0 Å². The largest absolute Gasteiger partial charge is 0.240 e. The molecule has 0 bridgehead atoms. The number of para-hydroxylation sites is 1. The Morgan fingerprint density at radius 1 is 0.935 bits per heavy atom. The van der Waals surface area contributed by atoms with Gasteiger partial charge in [0.25, 0.3) is 0 Å². The summed E-state index contributed by atoms with van der Waals surface area (Å²) in [7, 11) is -3.95. The third-order valence-corrected chi connectivity index (χ3v) is 6.51. The molecule has 31 heavy (non-hydrogen) atoms. The van der Waals surface area contributed by atoms with E-state index in [1.165, 1.54) is 18.2 Å². The minimum Gasteiger partial charge on any atom is -0.240 e. The van der Waals surface area contributed by atoms with E-state index >= 15 is 0 Å². The number of sulfone groups is 1. The first-order chi connectivity index (χ1) is 15.0. The summed E-state index contributed by atoms with van der Waals surface area (Å²) in [6.45, 7) is 1.99. The van der Waals surface area contributed by atoms with Gasteiger partial charge in [-0.15, -0.1) is 0 Å². The smallest absolute Gasteiger partial charge is 0.216 e. The van der Waals surface area contributed by atoms with Crippen LogP contribution < -0.4 is 0 Å². The molecule has 0 spiro atoms. The first kappa shape index (κ1) is 20.3. The lowest BCUT2D eigenvalue weighted by molar-refractivity contribution is 0.603. The van der Waals surface area contributed by atoms with Crippen LogP contribution >= 0.6 is 0 Å².